The summed E-state index contributed by atoms with van der Waals surface area (Å²) >= 11 is 0. The number of carbonyl (C=O) groups is 3. The normalized spacial score (nSPS) is 14.1. The van der Waals surface area contributed by atoms with E-state index in [1.807, 2.05) is 66.4 Å². The van der Waals surface area contributed by atoms with Crippen LogP contribution in [-0.2, 0) is 32.1 Å². The summed E-state index contributed by atoms with van der Waals surface area (Å²) in [6.45, 7) is 5.73. The maximum absolute atomic E-state index is 12.7. The first kappa shape index (κ1) is 23.5. The van der Waals surface area contributed by atoms with Gasteiger partial charge in [-0.2, -0.15) is 0 Å². The summed E-state index contributed by atoms with van der Waals surface area (Å²) < 4.78 is 5.10. The van der Waals surface area contributed by atoms with E-state index >= 15 is 0 Å². The van der Waals surface area contributed by atoms with Gasteiger partial charge in [0.05, 0.1) is 25.5 Å². The van der Waals surface area contributed by atoms with Gasteiger partial charge in [-0.1, -0.05) is 49.4 Å². The molecule has 32 heavy (non-hydrogen) atoms. The van der Waals surface area contributed by atoms with Gasteiger partial charge in [-0.05, 0) is 43.0 Å². The van der Waals surface area contributed by atoms with Crippen molar-refractivity contribution in [2.45, 2.75) is 46.1 Å². The molecule has 0 aliphatic carbocycles. The minimum absolute atomic E-state index is 0.0575. The Kier molecular flexibility index (Phi) is 8.42. The maximum Gasteiger partial charge on any atom is 0.309 e. The Labute approximate surface area is 190 Å². The fourth-order valence-corrected chi connectivity index (χ4v) is 3.99. The highest BCUT2D eigenvalue weighted by Crippen LogP contribution is 2.22. The molecule has 1 saturated heterocycles. The molecule has 2 amide bonds. The van der Waals surface area contributed by atoms with Gasteiger partial charge in [-0.25, -0.2) is 0 Å². The minimum Gasteiger partial charge on any atom is -0.466 e. The van der Waals surface area contributed by atoms with Crippen molar-refractivity contribution in [2.24, 2.45) is 5.92 Å². The summed E-state index contributed by atoms with van der Waals surface area (Å²) in [5.41, 5.74) is 2.81. The van der Waals surface area contributed by atoms with Gasteiger partial charge in [0.15, 0.2) is 0 Å². The number of rotatable bonds is 8. The van der Waals surface area contributed by atoms with Crippen LogP contribution in [0.1, 0.15) is 44.2 Å². The van der Waals surface area contributed by atoms with Crippen LogP contribution < -0.4 is 4.90 Å². The Morgan fingerprint density at radius 2 is 1.59 bits per heavy atom. The summed E-state index contributed by atoms with van der Waals surface area (Å²) in [6, 6.07) is 17.6. The molecule has 6 heteroatoms. The van der Waals surface area contributed by atoms with Gasteiger partial charge in [0.2, 0.25) is 11.8 Å². The van der Waals surface area contributed by atoms with Crippen molar-refractivity contribution in [1.29, 1.82) is 0 Å². The SMILES string of the molecule is CCOC(=O)C1CCN(C(=O)Cc2ccc(N(Cc3ccccc3)C(=O)CC)cc2)CC1. The topological polar surface area (TPSA) is 66.9 Å². The van der Waals surface area contributed by atoms with Crippen LogP contribution in [0.4, 0.5) is 5.69 Å². The van der Waals surface area contributed by atoms with E-state index in [4.69, 9.17) is 4.74 Å². The molecule has 0 N–H and O–H groups in total. The van der Waals surface area contributed by atoms with Crippen molar-refractivity contribution in [1.82, 2.24) is 4.90 Å². The van der Waals surface area contributed by atoms with Gasteiger partial charge >= 0.3 is 5.97 Å². The third-order valence-corrected chi connectivity index (χ3v) is 5.86. The molecule has 0 unspecified atom stereocenters. The zero-order valence-electron chi connectivity index (χ0n) is 19.0. The molecular formula is C26H32N2O4. The number of benzene rings is 2. The lowest BCUT2D eigenvalue weighted by molar-refractivity contribution is -0.151. The lowest BCUT2D eigenvalue weighted by Gasteiger charge is -2.31. The van der Waals surface area contributed by atoms with Crippen LogP contribution in [0, 0.1) is 5.92 Å². The Bertz CT molecular complexity index is 903. The highest BCUT2D eigenvalue weighted by molar-refractivity contribution is 5.93. The minimum atomic E-state index is -0.156. The van der Waals surface area contributed by atoms with E-state index in [1.165, 1.54) is 0 Å². The average molecular weight is 437 g/mol. The summed E-state index contributed by atoms with van der Waals surface area (Å²) in [7, 11) is 0. The Morgan fingerprint density at radius 3 is 2.19 bits per heavy atom. The second-order valence-electron chi connectivity index (χ2n) is 8.07. The summed E-state index contributed by atoms with van der Waals surface area (Å²) in [5.74, 6) is -0.144. The molecule has 170 valence electrons. The number of hydrogen-bond donors (Lipinski definition) is 0. The van der Waals surface area contributed by atoms with Gasteiger partial charge < -0.3 is 14.5 Å². The van der Waals surface area contributed by atoms with Gasteiger partial charge in [0.1, 0.15) is 0 Å². The van der Waals surface area contributed by atoms with Gasteiger partial charge in [0.25, 0.3) is 0 Å². The predicted molar refractivity (Wildman–Crippen MR) is 124 cm³/mol. The average Bonchev–Trinajstić information content (AvgIpc) is 2.83. The molecule has 1 fully saturated rings. The van der Waals surface area contributed by atoms with Crippen molar-refractivity contribution < 1.29 is 19.1 Å². The quantitative estimate of drug-likeness (QED) is 0.587. The summed E-state index contributed by atoms with van der Waals surface area (Å²) in [5, 5.41) is 0. The second-order valence-corrected chi connectivity index (χ2v) is 8.07. The maximum atomic E-state index is 12.7. The monoisotopic (exact) mass is 436 g/mol. The largest absolute Gasteiger partial charge is 0.466 e. The van der Waals surface area contributed by atoms with Crippen molar-refractivity contribution in [3.8, 4) is 0 Å². The van der Waals surface area contributed by atoms with Gasteiger partial charge in [-0.15, -0.1) is 0 Å². The predicted octanol–water partition coefficient (Wildman–Crippen LogP) is 3.97. The van der Waals surface area contributed by atoms with E-state index in [0.29, 0.717) is 51.9 Å². The second kappa shape index (κ2) is 11.5. The number of nitrogens with zero attached hydrogens (tertiary/aromatic N) is 2. The summed E-state index contributed by atoms with van der Waals surface area (Å²) in [4.78, 5) is 40.8. The fourth-order valence-electron chi connectivity index (χ4n) is 3.99. The Morgan fingerprint density at radius 1 is 0.938 bits per heavy atom. The van der Waals surface area contributed by atoms with Crippen molar-refractivity contribution in [3.63, 3.8) is 0 Å². The van der Waals surface area contributed by atoms with Gasteiger partial charge in [0, 0.05) is 25.2 Å². The number of amides is 2. The molecule has 0 radical (unpaired) electrons. The third-order valence-electron chi connectivity index (χ3n) is 5.86. The van der Waals surface area contributed by atoms with Crippen LogP contribution in [0.15, 0.2) is 54.6 Å². The van der Waals surface area contributed by atoms with Crippen LogP contribution >= 0.6 is 0 Å². The molecule has 1 aliphatic heterocycles. The van der Waals surface area contributed by atoms with Crippen LogP contribution in [0.3, 0.4) is 0 Å². The molecule has 1 heterocycles. The molecule has 6 nitrogen and oxygen atoms in total. The summed E-state index contributed by atoms with van der Waals surface area (Å²) in [6.07, 6.45) is 2.04. The molecule has 0 spiro atoms. The first-order valence-corrected chi connectivity index (χ1v) is 11.4. The number of likely N-dealkylation sites (tertiary alicyclic amines) is 1. The lowest BCUT2D eigenvalue weighted by atomic mass is 9.96. The lowest BCUT2D eigenvalue weighted by Crippen LogP contribution is -2.41. The number of ether oxygens (including phenoxy) is 1. The van der Waals surface area contributed by atoms with E-state index < -0.39 is 0 Å². The number of anilines is 1. The molecule has 2 aromatic carbocycles. The number of hydrogen-bond acceptors (Lipinski definition) is 4. The number of esters is 1. The Balaban J connectivity index is 1.59. The molecule has 0 bridgehead atoms. The molecule has 0 saturated carbocycles. The number of carbonyl (C=O) groups excluding carboxylic acids is 3. The van der Waals surface area contributed by atoms with E-state index in [9.17, 15) is 14.4 Å². The van der Waals surface area contributed by atoms with Crippen LogP contribution in [-0.4, -0.2) is 42.4 Å². The van der Waals surface area contributed by atoms with Crippen molar-refractivity contribution in [3.05, 3.63) is 65.7 Å². The highest BCUT2D eigenvalue weighted by atomic mass is 16.5. The molecule has 1 aliphatic rings. The van der Waals surface area contributed by atoms with Crippen LogP contribution in [0.25, 0.3) is 0 Å². The van der Waals surface area contributed by atoms with Gasteiger partial charge in [-0.3, -0.25) is 14.4 Å². The first-order chi connectivity index (χ1) is 15.5. The zero-order valence-corrected chi connectivity index (χ0v) is 19.0. The molecular weight excluding hydrogens is 404 g/mol. The molecule has 2 aromatic rings. The van der Waals surface area contributed by atoms with E-state index in [-0.39, 0.29) is 23.7 Å². The molecule has 3 rings (SSSR count). The Hall–Kier alpha value is -3.15. The van der Waals surface area contributed by atoms with E-state index in [2.05, 4.69) is 0 Å². The number of piperidine rings is 1. The first-order valence-electron chi connectivity index (χ1n) is 11.4. The fraction of sp³-hybridized carbons (Fsp3) is 0.423. The smallest absolute Gasteiger partial charge is 0.309 e. The van der Waals surface area contributed by atoms with E-state index in [1.54, 1.807) is 11.8 Å². The van der Waals surface area contributed by atoms with Crippen LogP contribution in [0.5, 0.6) is 0 Å². The molecule has 0 aromatic heterocycles. The van der Waals surface area contributed by atoms with E-state index in [0.717, 1.165) is 16.8 Å². The zero-order chi connectivity index (χ0) is 22.9. The highest BCUT2D eigenvalue weighted by Gasteiger charge is 2.28. The standard InChI is InChI=1S/C26H32N2O4/c1-3-24(29)28(19-21-8-6-5-7-9-21)23-12-10-20(11-13-23)18-25(30)27-16-14-22(15-17-27)26(31)32-4-2/h5-13,22H,3-4,14-19H2,1-2H3. The molecule has 0 atom stereocenters. The van der Waals surface area contributed by atoms with Crippen molar-refractivity contribution >= 4 is 23.5 Å². The van der Waals surface area contributed by atoms with Crippen molar-refractivity contribution in [2.75, 3.05) is 24.6 Å². The van der Waals surface area contributed by atoms with Crippen LogP contribution in [0.2, 0.25) is 0 Å². The third kappa shape index (κ3) is 6.19.